The zero-order chi connectivity index (χ0) is 14.0. The van der Waals surface area contributed by atoms with Gasteiger partial charge < -0.3 is 9.88 Å². The number of nitrogens with one attached hydrogen (secondary N) is 1. The third-order valence-electron chi connectivity index (χ3n) is 3.15. The van der Waals surface area contributed by atoms with Crippen LogP contribution in [-0.2, 0) is 20.1 Å². The average molecular weight is 260 g/mol. The monoisotopic (exact) mass is 260 g/mol. The third kappa shape index (κ3) is 3.70. The molecule has 104 valence electrons. The minimum absolute atomic E-state index is 0.137. The highest BCUT2D eigenvalue weighted by Crippen LogP contribution is 2.10. The van der Waals surface area contributed by atoms with Crippen molar-refractivity contribution in [2.24, 2.45) is 7.05 Å². The van der Waals surface area contributed by atoms with E-state index >= 15 is 0 Å². The first-order valence-corrected chi connectivity index (χ1v) is 6.74. The van der Waals surface area contributed by atoms with Gasteiger partial charge in [-0.1, -0.05) is 0 Å². The average Bonchev–Trinajstić information content (AvgIpc) is 2.83. The Hall–Kier alpha value is -1.55. The van der Waals surface area contributed by atoms with Crippen LogP contribution in [0.5, 0.6) is 0 Å². The number of hydrogen-bond donors (Lipinski definition) is 1. The van der Waals surface area contributed by atoms with Crippen molar-refractivity contribution in [2.45, 2.75) is 46.3 Å². The minimum Gasteiger partial charge on any atom is -0.344 e. The highest BCUT2D eigenvalue weighted by atomic mass is 15.3. The largest absolute Gasteiger partial charge is 0.344 e. The molecule has 0 radical (unpaired) electrons. The van der Waals surface area contributed by atoms with E-state index in [1.165, 1.54) is 11.4 Å². The highest BCUT2D eigenvalue weighted by Gasteiger charge is 2.11. The number of hydrogen-bond acceptors (Lipinski definition) is 2. The predicted molar refractivity (Wildman–Crippen MR) is 78.1 cm³/mol. The SMILES string of the molecule is Cc1cc(Cn2cccc2CNC(C)(C)C)n(C)n1. The molecule has 2 heterocycles. The second-order valence-corrected chi connectivity index (χ2v) is 6.13. The standard InChI is InChI=1S/C15H24N4/c1-12-9-14(18(5)17-12)11-19-8-6-7-13(19)10-16-15(2,3)4/h6-9,16H,10-11H2,1-5H3. The number of aromatic nitrogens is 3. The maximum Gasteiger partial charge on any atom is 0.0642 e. The molecule has 4 heteroatoms. The van der Waals surface area contributed by atoms with E-state index in [1.807, 2.05) is 18.7 Å². The fraction of sp³-hybridized carbons (Fsp3) is 0.533. The fourth-order valence-electron chi connectivity index (χ4n) is 2.11. The second-order valence-electron chi connectivity index (χ2n) is 6.13. The normalized spacial score (nSPS) is 12.1. The summed E-state index contributed by atoms with van der Waals surface area (Å²) >= 11 is 0. The zero-order valence-electron chi connectivity index (χ0n) is 12.6. The van der Waals surface area contributed by atoms with Crippen molar-refractivity contribution in [1.29, 1.82) is 0 Å². The first kappa shape index (κ1) is 13.9. The lowest BCUT2D eigenvalue weighted by molar-refractivity contribution is 0.416. The topological polar surface area (TPSA) is 34.8 Å². The van der Waals surface area contributed by atoms with Crippen LogP contribution in [0.2, 0.25) is 0 Å². The van der Waals surface area contributed by atoms with Gasteiger partial charge in [-0.2, -0.15) is 5.10 Å². The lowest BCUT2D eigenvalue weighted by atomic mass is 10.1. The van der Waals surface area contributed by atoms with E-state index in [0.717, 1.165) is 18.8 Å². The summed E-state index contributed by atoms with van der Waals surface area (Å²) in [5.74, 6) is 0. The van der Waals surface area contributed by atoms with E-state index < -0.39 is 0 Å². The van der Waals surface area contributed by atoms with Crippen LogP contribution in [0.25, 0.3) is 0 Å². The molecule has 0 aliphatic rings. The van der Waals surface area contributed by atoms with E-state index in [0.29, 0.717) is 0 Å². The van der Waals surface area contributed by atoms with Crippen molar-refractivity contribution in [3.63, 3.8) is 0 Å². The molecule has 0 fully saturated rings. The molecule has 4 nitrogen and oxygen atoms in total. The molecular formula is C15H24N4. The van der Waals surface area contributed by atoms with Crippen molar-refractivity contribution in [2.75, 3.05) is 0 Å². The summed E-state index contributed by atoms with van der Waals surface area (Å²) in [5.41, 5.74) is 3.73. The fourth-order valence-corrected chi connectivity index (χ4v) is 2.11. The van der Waals surface area contributed by atoms with Gasteiger partial charge in [-0.25, -0.2) is 0 Å². The van der Waals surface area contributed by atoms with Gasteiger partial charge >= 0.3 is 0 Å². The van der Waals surface area contributed by atoms with Gasteiger partial charge in [0, 0.05) is 31.0 Å². The lowest BCUT2D eigenvalue weighted by Gasteiger charge is -2.21. The molecule has 0 amide bonds. The van der Waals surface area contributed by atoms with Crippen molar-refractivity contribution < 1.29 is 0 Å². The summed E-state index contributed by atoms with van der Waals surface area (Å²) in [4.78, 5) is 0. The van der Waals surface area contributed by atoms with Gasteiger partial charge in [-0.05, 0) is 45.9 Å². The van der Waals surface area contributed by atoms with Crippen LogP contribution in [-0.4, -0.2) is 19.9 Å². The lowest BCUT2D eigenvalue weighted by Crippen LogP contribution is -2.35. The second kappa shape index (κ2) is 5.21. The van der Waals surface area contributed by atoms with Gasteiger partial charge in [0.2, 0.25) is 0 Å². The van der Waals surface area contributed by atoms with Crippen molar-refractivity contribution >= 4 is 0 Å². The molecular weight excluding hydrogens is 236 g/mol. The molecule has 2 aromatic heterocycles. The predicted octanol–water partition coefficient (Wildman–Crippen LogP) is 2.47. The van der Waals surface area contributed by atoms with Crippen LogP contribution in [0.3, 0.4) is 0 Å². The first-order valence-electron chi connectivity index (χ1n) is 6.74. The Balaban J connectivity index is 2.09. The molecule has 0 saturated carbocycles. The Morgan fingerprint density at radius 3 is 2.58 bits per heavy atom. The Morgan fingerprint density at radius 2 is 2.00 bits per heavy atom. The van der Waals surface area contributed by atoms with Crippen LogP contribution >= 0.6 is 0 Å². The van der Waals surface area contributed by atoms with E-state index in [9.17, 15) is 0 Å². The minimum atomic E-state index is 0.137. The number of nitrogens with zero attached hydrogens (tertiary/aromatic N) is 3. The molecule has 0 bridgehead atoms. The summed E-state index contributed by atoms with van der Waals surface area (Å²) in [6, 6.07) is 6.41. The summed E-state index contributed by atoms with van der Waals surface area (Å²) in [6.07, 6.45) is 2.13. The summed E-state index contributed by atoms with van der Waals surface area (Å²) in [5, 5.41) is 7.92. The van der Waals surface area contributed by atoms with Crippen LogP contribution in [0.1, 0.15) is 37.9 Å². The molecule has 0 aromatic carbocycles. The van der Waals surface area contributed by atoms with Crippen LogP contribution in [0.4, 0.5) is 0 Å². The smallest absolute Gasteiger partial charge is 0.0642 e. The molecule has 2 aromatic rings. The Labute approximate surface area is 115 Å². The molecule has 0 aliphatic carbocycles. The highest BCUT2D eigenvalue weighted by molar-refractivity contribution is 5.14. The van der Waals surface area contributed by atoms with Gasteiger partial charge in [0.25, 0.3) is 0 Å². The maximum atomic E-state index is 4.39. The summed E-state index contributed by atoms with van der Waals surface area (Å²) < 4.78 is 4.23. The molecule has 1 N–H and O–H groups in total. The summed E-state index contributed by atoms with van der Waals surface area (Å²) in [7, 11) is 2.00. The third-order valence-corrected chi connectivity index (χ3v) is 3.15. The molecule has 0 saturated heterocycles. The molecule has 19 heavy (non-hydrogen) atoms. The molecule has 0 spiro atoms. The van der Waals surface area contributed by atoms with Crippen molar-refractivity contribution in [3.8, 4) is 0 Å². The van der Waals surface area contributed by atoms with Gasteiger partial charge in [0.1, 0.15) is 0 Å². The van der Waals surface area contributed by atoms with Crippen LogP contribution < -0.4 is 5.32 Å². The van der Waals surface area contributed by atoms with Crippen LogP contribution in [0.15, 0.2) is 24.4 Å². The first-order chi connectivity index (χ1) is 8.85. The quantitative estimate of drug-likeness (QED) is 0.916. The molecule has 2 rings (SSSR count). The van der Waals surface area contributed by atoms with E-state index in [1.54, 1.807) is 0 Å². The van der Waals surface area contributed by atoms with Gasteiger partial charge in [0.15, 0.2) is 0 Å². The van der Waals surface area contributed by atoms with E-state index in [4.69, 9.17) is 0 Å². The summed E-state index contributed by atoms with van der Waals surface area (Å²) in [6.45, 7) is 10.3. The van der Waals surface area contributed by atoms with Crippen LogP contribution in [0, 0.1) is 6.92 Å². The van der Waals surface area contributed by atoms with Crippen molar-refractivity contribution in [1.82, 2.24) is 19.7 Å². The molecule has 0 unspecified atom stereocenters. The van der Waals surface area contributed by atoms with E-state index in [2.05, 4.69) is 60.1 Å². The van der Waals surface area contributed by atoms with Gasteiger partial charge in [-0.3, -0.25) is 4.68 Å². The molecule has 0 atom stereocenters. The number of rotatable bonds is 4. The van der Waals surface area contributed by atoms with Gasteiger partial charge in [0.05, 0.1) is 17.9 Å². The Kier molecular flexibility index (Phi) is 3.80. The Morgan fingerprint density at radius 1 is 1.26 bits per heavy atom. The number of aryl methyl sites for hydroxylation is 2. The maximum absolute atomic E-state index is 4.39. The van der Waals surface area contributed by atoms with Crippen molar-refractivity contribution in [3.05, 3.63) is 41.5 Å². The van der Waals surface area contributed by atoms with E-state index in [-0.39, 0.29) is 5.54 Å². The molecule has 0 aliphatic heterocycles. The van der Waals surface area contributed by atoms with Gasteiger partial charge in [-0.15, -0.1) is 0 Å². The Bertz CT molecular complexity index is 543. The zero-order valence-corrected chi connectivity index (χ0v) is 12.6.